The predicted octanol–water partition coefficient (Wildman–Crippen LogP) is 3.04. The molecule has 130 valence electrons. The maximum Gasteiger partial charge on any atom is 0.190 e. The molecule has 1 N–H and O–H groups in total. The Morgan fingerprint density at radius 2 is 2.04 bits per heavy atom. The van der Waals surface area contributed by atoms with Crippen molar-refractivity contribution in [1.82, 2.24) is 14.9 Å². The first kappa shape index (κ1) is 16.6. The third-order valence-corrected chi connectivity index (χ3v) is 6.53. The minimum Gasteiger partial charge on any atom is -0.379 e. The van der Waals surface area contributed by atoms with Gasteiger partial charge in [0, 0.05) is 31.1 Å². The van der Waals surface area contributed by atoms with Crippen LogP contribution in [0, 0.1) is 0 Å². The number of hydrogen-bond acceptors (Lipinski definition) is 7. The molecule has 2 aromatic heterocycles. The predicted molar refractivity (Wildman–Crippen MR) is 102 cm³/mol. The van der Waals surface area contributed by atoms with E-state index in [2.05, 4.69) is 10.2 Å². The summed E-state index contributed by atoms with van der Waals surface area (Å²) in [6.45, 7) is 5.73. The highest BCUT2D eigenvalue weighted by Crippen LogP contribution is 2.39. The lowest BCUT2D eigenvalue weighted by Gasteiger charge is -2.26. The van der Waals surface area contributed by atoms with Crippen molar-refractivity contribution in [1.29, 1.82) is 0 Å². The molecule has 0 bridgehead atoms. The van der Waals surface area contributed by atoms with Gasteiger partial charge in [0.25, 0.3) is 0 Å². The fourth-order valence-corrected chi connectivity index (χ4v) is 5.20. The molecular weight excluding hydrogens is 340 g/mol. The third kappa shape index (κ3) is 3.40. The fraction of sp³-hybridized carbons (Fsp3) is 0.647. The third-order valence-electron chi connectivity index (χ3n) is 4.80. The Morgan fingerprint density at radius 1 is 1.21 bits per heavy atom. The molecule has 7 heteroatoms. The standard InChI is InChI=1S/C17H24N4OS2/c1-23-17-19-15(18-6-7-21-8-10-22-11-9-21)14-12-4-2-3-5-13(12)24-16(14)20-17/h2-11H2,1H3,(H,18,19,20). The topological polar surface area (TPSA) is 50.3 Å². The summed E-state index contributed by atoms with van der Waals surface area (Å²) >= 11 is 3.50. The molecule has 0 atom stereocenters. The van der Waals surface area contributed by atoms with Crippen molar-refractivity contribution < 1.29 is 4.74 Å². The van der Waals surface area contributed by atoms with E-state index in [1.165, 1.54) is 41.5 Å². The van der Waals surface area contributed by atoms with Gasteiger partial charge in [-0.05, 0) is 37.5 Å². The second-order valence-corrected chi connectivity index (χ2v) is 8.19. The van der Waals surface area contributed by atoms with Crippen molar-refractivity contribution in [3.8, 4) is 0 Å². The van der Waals surface area contributed by atoms with Crippen LogP contribution in [0.3, 0.4) is 0 Å². The molecular formula is C17H24N4OS2. The molecule has 1 saturated heterocycles. The fourth-order valence-electron chi connectivity index (χ4n) is 3.51. The molecule has 1 aliphatic carbocycles. The number of fused-ring (bicyclic) bond motifs is 3. The van der Waals surface area contributed by atoms with E-state index in [0.29, 0.717) is 0 Å². The van der Waals surface area contributed by atoms with Crippen molar-refractivity contribution in [2.45, 2.75) is 30.8 Å². The van der Waals surface area contributed by atoms with Crippen LogP contribution in [0.2, 0.25) is 0 Å². The van der Waals surface area contributed by atoms with Crippen molar-refractivity contribution in [2.75, 3.05) is 51.0 Å². The first-order valence-corrected chi connectivity index (χ1v) is 10.8. The van der Waals surface area contributed by atoms with Crippen LogP contribution in [-0.4, -0.2) is 60.5 Å². The van der Waals surface area contributed by atoms with E-state index in [0.717, 1.165) is 55.2 Å². The Bertz CT molecular complexity index is 712. The smallest absolute Gasteiger partial charge is 0.190 e. The number of morpholine rings is 1. The minimum atomic E-state index is 0.854. The van der Waals surface area contributed by atoms with E-state index >= 15 is 0 Å². The first-order chi connectivity index (χ1) is 11.8. The van der Waals surface area contributed by atoms with Crippen molar-refractivity contribution in [3.63, 3.8) is 0 Å². The van der Waals surface area contributed by atoms with Crippen LogP contribution in [0.1, 0.15) is 23.3 Å². The van der Waals surface area contributed by atoms with Crippen LogP contribution < -0.4 is 5.32 Å². The van der Waals surface area contributed by atoms with Gasteiger partial charge in [-0.3, -0.25) is 4.90 Å². The number of ether oxygens (including phenoxy) is 1. The summed E-state index contributed by atoms with van der Waals surface area (Å²) in [6, 6.07) is 0. The molecule has 0 unspecified atom stereocenters. The van der Waals surface area contributed by atoms with Gasteiger partial charge in [-0.15, -0.1) is 11.3 Å². The Kier molecular flexibility index (Phi) is 5.22. The molecule has 0 saturated carbocycles. The van der Waals surface area contributed by atoms with Crippen molar-refractivity contribution in [3.05, 3.63) is 10.4 Å². The molecule has 1 aliphatic heterocycles. The van der Waals surface area contributed by atoms with Gasteiger partial charge in [-0.25, -0.2) is 9.97 Å². The van der Waals surface area contributed by atoms with E-state index in [1.807, 2.05) is 17.6 Å². The van der Waals surface area contributed by atoms with Crippen molar-refractivity contribution >= 4 is 39.1 Å². The maximum absolute atomic E-state index is 5.42. The zero-order chi connectivity index (χ0) is 16.4. The molecule has 2 aromatic rings. The van der Waals surface area contributed by atoms with Crippen LogP contribution in [0.15, 0.2) is 5.16 Å². The van der Waals surface area contributed by atoms with Gasteiger partial charge in [0.1, 0.15) is 10.6 Å². The zero-order valence-corrected chi connectivity index (χ0v) is 15.8. The lowest BCUT2D eigenvalue weighted by atomic mass is 9.97. The largest absolute Gasteiger partial charge is 0.379 e. The van der Waals surface area contributed by atoms with E-state index in [9.17, 15) is 0 Å². The zero-order valence-electron chi connectivity index (χ0n) is 14.1. The molecule has 0 spiro atoms. The second-order valence-electron chi connectivity index (χ2n) is 6.33. The van der Waals surface area contributed by atoms with Gasteiger partial charge in [0.15, 0.2) is 5.16 Å². The number of anilines is 1. The van der Waals surface area contributed by atoms with Crippen LogP contribution in [0.4, 0.5) is 5.82 Å². The Labute approximate surface area is 151 Å². The molecule has 3 heterocycles. The highest BCUT2D eigenvalue weighted by molar-refractivity contribution is 7.98. The van der Waals surface area contributed by atoms with Crippen LogP contribution >= 0.6 is 23.1 Å². The molecule has 2 aliphatic rings. The summed E-state index contributed by atoms with van der Waals surface area (Å²) < 4.78 is 5.42. The van der Waals surface area contributed by atoms with Gasteiger partial charge in [-0.2, -0.15) is 0 Å². The maximum atomic E-state index is 5.42. The van der Waals surface area contributed by atoms with Gasteiger partial charge in [0.05, 0.1) is 18.6 Å². The Morgan fingerprint density at radius 3 is 2.88 bits per heavy atom. The van der Waals surface area contributed by atoms with Gasteiger partial charge < -0.3 is 10.1 Å². The average Bonchev–Trinajstić information content (AvgIpc) is 3.01. The molecule has 0 amide bonds. The van der Waals surface area contributed by atoms with Gasteiger partial charge in [0.2, 0.25) is 0 Å². The van der Waals surface area contributed by atoms with E-state index in [-0.39, 0.29) is 0 Å². The number of rotatable bonds is 5. The summed E-state index contributed by atoms with van der Waals surface area (Å²) in [6.07, 6.45) is 7.03. The Balaban J connectivity index is 1.56. The SMILES string of the molecule is CSc1nc(NCCN2CCOCC2)c2c3c(sc2n1)CCCC3. The Hall–Kier alpha value is -0.890. The van der Waals surface area contributed by atoms with E-state index < -0.39 is 0 Å². The highest BCUT2D eigenvalue weighted by atomic mass is 32.2. The highest BCUT2D eigenvalue weighted by Gasteiger charge is 2.21. The number of nitrogens with zero attached hydrogens (tertiary/aromatic N) is 3. The molecule has 0 aromatic carbocycles. The molecule has 24 heavy (non-hydrogen) atoms. The van der Waals surface area contributed by atoms with Crippen LogP contribution in [0.5, 0.6) is 0 Å². The average molecular weight is 365 g/mol. The number of aryl methyl sites for hydroxylation is 2. The number of aromatic nitrogens is 2. The summed E-state index contributed by atoms with van der Waals surface area (Å²) in [5.41, 5.74) is 1.50. The van der Waals surface area contributed by atoms with E-state index in [4.69, 9.17) is 14.7 Å². The monoisotopic (exact) mass is 364 g/mol. The minimum absolute atomic E-state index is 0.854. The quantitative estimate of drug-likeness (QED) is 0.650. The summed E-state index contributed by atoms with van der Waals surface area (Å²) in [5.74, 6) is 1.04. The molecule has 1 fully saturated rings. The van der Waals surface area contributed by atoms with E-state index in [1.54, 1.807) is 11.8 Å². The molecule has 0 radical (unpaired) electrons. The number of thioether (sulfide) groups is 1. The summed E-state index contributed by atoms with van der Waals surface area (Å²) in [5, 5.41) is 5.76. The number of hydrogen-bond donors (Lipinski definition) is 1. The van der Waals surface area contributed by atoms with Crippen LogP contribution in [-0.2, 0) is 17.6 Å². The molecule has 5 nitrogen and oxygen atoms in total. The molecule has 4 rings (SSSR count). The normalized spacial score (nSPS) is 18.7. The summed E-state index contributed by atoms with van der Waals surface area (Å²) in [7, 11) is 0. The van der Waals surface area contributed by atoms with Crippen LogP contribution in [0.25, 0.3) is 10.2 Å². The summed E-state index contributed by atoms with van der Waals surface area (Å²) in [4.78, 5) is 14.7. The van der Waals surface area contributed by atoms with Gasteiger partial charge >= 0.3 is 0 Å². The van der Waals surface area contributed by atoms with Gasteiger partial charge in [-0.1, -0.05) is 11.8 Å². The number of thiophene rings is 1. The lowest BCUT2D eigenvalue weighted by Crippen LogP contribution is -2.39. The second kappa shape index (κ2) is 7.56. The first-order valence-electron chi connectivity index (χ1n) is 8.75. The van der Waals surface area contributed by atoms with Crippen molar-refractivity contribution in [2.24, 2.45) is 0 Å². The number of nitrogens with one attached hydrogen (secondary N) is 1. The lowest BCUT2D eigenvalue weighted by molar-refractivity contribution is 0.0398.